The minimum atomic E-state index is -0.127. The van der Waals surface area contributed by atoms with Crippen LogP contribution >= 0.6 is 11.6 Å². The molecule has 1 N–H and O–H groups in total. The van der Waals surface area contributed by atoms with Crippen LogP contribution in [0.3, 0.4) is 0 Å². The van der Waals surface area contributed by atoms with Gasteiger partial charge in [-0.1, -0.05) is 37.6 Å². The Labute approximate surface area is 128 Å². The number of halogens is 1. The lowest BCUT2D eigenvalue weighted by molar-refractivity contribution is -0.0703. The van der Waals surface area contributed by atoms with Crippen molar-refractivity contribution in [2.45, 2.75) is 58.6 Å². The van der Waals surface area contributed by atoms with Gasteiger partial charge in [-0.3, -0.25) is 0 Å². The molecule has 0 aliphatic carbocycles. The second-order valence-corrected chi connectivity index (χ2v) is 5.75. The van der Waals surface area contributed by atoms with Gasteiger partial charge in [0.25, 0.3) is 0 Å². The van der Waals surface area contributed by atoms with Crippen molar-refractivity contribution in [3.8, 4) is 0 Å². The Morgan fingerprint density at radius 3 is 2.35 bits per heavy atom. The average Bonchev–Trinajstić information content (AvgIpc) is 2.44. The fourth-order valence-electron chi connectivity index (χ4n) is 2.92. The molecule has 2 nitrogen and oxygen atoms in total. The maximum atomic E-state index is 6.38. The minimum absolute atomic E-state index is 0.127. The smallest absolute Gasteiger partial charge is 0.0832 e. The standard InChI is InChI=1S/C17H28ClNO/c1-6-17(7-2,20-8-3)16(19-5)12-14-10-9-13(4)11-15(14)18/h9-11,16,19H,6-8,12H2,1-5H3. The van der Waals surface area contributed by atoms with Crippen LogP contribution in [0.25, 0.3) is 0 Å². The van der Waals surface area contributed by atoms with E-state index in [9.17, 15) is 0 Å². The number of hydrogen-bond acceptors (Lipinski definition) is 2. The predicted octanol–water partition coefficient (Wildman–Crippen LogP) is 4.37. The van der Waals surface area contributed by atoms with Crippen molar-refractivity contribution in [2.24, 2.45) is 0 Å². The van der Waals surface area contributed by atoms with Crippen molar-refractivity contribution in [3.05, 3.63) is 34.3 Å². The molecule has 3 heteroatoms. The summed E-state index contributed by atoms with van der Waals surface area (Å²) in [6.07, 6.45) is 2.87. The summed E-state index contributed by atoms with van der Waals surface area (Å²) in [5, 5.41) is 4.29. The van der Waals surface area contributed by atoms with Crippen molar-refractivity contribution in [1.29, 1.82) is 0 Å². The summed E-state index contributed by atoms with van der Waals surface area (Å²) in [6, 6.07) is 6.54. The fourth-order valence-corrected chi connectivity index (χ4v) is 3.24. The molecule has 0 saturated heterocycles. The molecule has 0 saturated carbocycles. The number of benzene rings is 1. The van der Waals surface area contributed by atoms with Gasteiger partial charge in [-0.25, -0.2) is 0 Å². The first kappa shape index (κ1) is 17.5. The summed E-state index contributed by atoms with van der Waals surface area (Å²) in [6.45, 7) is 9.25. The second-order valence-electron chi connectivity index (χ2n) is 5.35. The maximum Gasteiger partial charge on any atom is 0.0832 e. The van der Waals surface area contributed by atoms with E-state index in [2.05, 4.69) is 45.1 Å². The van der Waals surface area contributed by atoms with Crippen molar-refractivity contribution in [1.82, 2.24) is 5.32 Å². The van der Waals surface area contributed by atoms with Gasteiger partial charge < -0.3 is 10.1 Å². The van der Waals surface area contributed by atoms with Gasteiger partial charge in [0.1, 0.15) is 0 Å². The van der Waals surface area contributed by atoms with Crippen LogP contribution in [0.15, 0.2) is 18.2 Å². The molecule has 0 aliphatic heterocycles. The first-order valence-corrected chi connectivity index (χ1v) is 7.97. The van der Waals surface area contributed by atoms with E-state index in [0.29, 0.717) is 0 Å². The molecule has 1 unspecified atom stereocenters. The molecule has 0 aliphatic rings. The Morgan fingerprint density at radius 2 is 1.90 bits per heavy atom. The molecule has 0 radical (unpaired) electrons. The third kappa shape index (κ3) is 3.97. The predicted molar refractivity (Wildman–Crippen MR) is 87.7 cm³/mol. The lowest BCUT2D eigenvalue weighted by atomic mass is 9.84. The largest absolute Gasteiger partial charge is 0.374 e. The molecule has 20 heavy (non-hydrogen) atoms. The molecule has 0 fully saturated rings. The first-order chi connectivity index (χ1) is 9.52. The zero-order chi connectivity index (χ0) is 15.2. The molecular weight excluding hydrogens is 270 g/mol. The highest BCUT2D eigenvalue weighted by molar-refractivity contribution is 6.31. The molecule has 1 rings (SSSR count). The number of ether oxygens (including phenoxy) is 1. The monoisotopic (exact) mass is 297 g/mol. The lowest BCUT2D eigenvalue weighted by Gasteiger charge is -2.39. The van der Waals surface area contributed by atoms with Crippen LogP contribution in [-0.2, 0) is 11.2 Å². The number of rotatable bonds is 8. The van der Waals surface area contributed by atoms with E-state index in [-0.39, 0.29) is 11.6 Å². The highest BCUT2D eigenvalue weighted by atomic mass is 35.5. The molecule has 0 amide bonds. The third-order valence-electron chi connectivity index (χ3n) is 4.24. The van der Waals surface area contributed by atoms with Crippen LogP contribution in [0.1, 0.15) is 44.7 Å². The molecule has 0 spiro atoms. The Kier molecular flexibility index (Phi) is 7.01. The quantitative estimate of drug-likeness (QED) is 0.769. The number of likely N-dealkylation sites (N-methyl/N-ethyl adjacent to an activating group) is 1. The van der Waals surface area contributed by atoms with Gasteiger partial charge in [-0.15, -0.1) is 0 Å². The summed E-state index contributed by atoms with van der Waals surface area (Å²) in [5.41, 5.74) is 2.25. The normalized spacial score (nSPS) is 13.5. The van der Waals surface area contributed by atoms with Crippen molar-refractivity contribution in [3.63, 3.8) is 0 Å². The molecule has 1 aromatic rings. The summed E-state index contributed by atoms with van der Waals surface area (Å²) < 4.78 is 6.11. The zero-order valence-electron chi connectivity index (χ0n) is 13.4. The maximum absolute atomic E-state index is 6.38. The van der Waals surface area contributed by atoms with Gasteiger partial charge in [0.05, 0.1) is 5.60 Å². The van der Waals surface area contributed by atoms with Crippen molar-refractivity contribution < 1.29 is 4.74 Å². The summed E-state index contributed by atoms with van der Waals surface area (Å²) in [7, 11) is 2.01. The Balaban J connectivity index is 2.99. The van der Waals surface area contributed by atoms with E-state index in [4.69, 9.17) is 16.3 Å². The lowest BCUT2D eigenvalue weighted by Crippen LogP contribution is -2.52. The molecular formula is C17H28ClNO. The number of nitrogens with one attached hydrogen (secondary N) is 1. The van der Waals surface area contributed by atoms with E-state index in [1.54, 1.807) is 0 Å². The van der Waals surface area contributed by atoms with Crippen LogP contribution in [0.2, 0.25) is 5.02 Å². The molecule has 0 bridgehead atoms. The van der Waals surface area contributed by atoms with E-state index in [1.807, 2.05) is 13.1 Å². The molecule has 1 aromatic carbocycles. The van der Waals surface area contributed by atoms with E-state index in [0.717, 1.165) is 30.9 Å². The third-order valence-corrected chi connectivity index (χ3v) is 4.60. The zero-order valence-corrected chi connectivity index (χ0v) is 14.2. The summed E-state index contributed by atoms with van der Waals surface area (Å²) in [4.78, 5) is 0. The Morgan fingerprint density at radius 1 is 1.25 bits per heavy atom. The van der Waals surface area contributed by atoms with Crippen LogP contribution in [0.4, 0.5) is 0 Å². The van der Waals surface area contributed by atoms with E-state index < -0.39 is 0 Å². The van der Waals surface area contributed by atoms with Gasteiger partial charge in [0.2, 0.25) is 0 Å². The van der Waals surface area contributed by atoms with Crippen LogP contribution in [0, 0.1) is 6.92 Å². The molecule has 1 atom stereocenters. The van der Waals surface area contributed by atoms with E-state index in [1.165, 1.54) is 11.1 Å². The highest BCUT2D eigenvalue weighted by Gasteiger charge is 2.35. The SMILES string of the molecule is CCOC(CC)(CC)C(Cc1ccc(C)cc1Cl)NC. The van der Waals surface area contributed by atoms with Gasteiger partial charge in [-0.05, 0) is 57.4 Å². The van der Waals surface area contributed by atoms with Crippen molar-refractivity contribution in [2.75, 3.05) is 13.7 Å². The van der Waals surface area contributed by atoms with Crippen LogP contribution in [-0.4, -0.2) is 25.3 Å². The first-order valence-electron chi connectivity index (χ1n) is 7.59. The van der Waals surface area contributed by atoms with Crippen LogP contribution < -0.4 is 5.32 Å². The molecule has 0 heterocycles. The van der Waals surface area contributed by atoms with Gasteiger partial charge in [0.15, 0.2) is 0 Å². The average molecular weight is 298 g/mol. The fraction of sp³-hybridized carbons (Fsp3) is 0.647. The number of aryl methyl sites for hydroxylation is 1. The van der Waals surface area contributed by atoms with Gasteiger partial charge >= 0.3 is 0 Å². The second kappa shape index (κ2) is 8.02. The molecule has 0 aromatic heterocycles. The number of hydrogen-bond donors (Lipinski definition) is 1. The summed E-state index contributed by atoms with van der Waals surface area (Å²) in [5.74, 6) is 0. The summed E-state index contributed by atoms with van der Waals surface area (Å²) >= 11 is 6.38. The highest BCUT2D eigenvalue weighted by Crippen LogP contribution is 2.29. The Hall–Kier alpha value is -0.570. The Bertz CT molecular complexity index is 415. The molecule has 114 valence electrons. The van der Waals surface area contributed by atoms with Gasteiger partial charge in [-0.2, -0.15) is 0 Å². The topological polar surface area (TPSA) is 21.3 Å². The van der Waals surface area contributed by atoms with E-state index >= 15 is 0 Å². The van der Waals surface area contributed by atoms with Gasteiger partial charge in [0, 0.05) is 17.7 Å². The minimum Gasteiger partial charge on any atom is -0.374 e. The van der Waals surface area contributed by atoms with Crippen LogP contribution in [0.5, 0.6) is 0 Å². The van der Waals surface area contributed by atoms with Crippen molar-refractivity contribution >= 4 is 11.6 Å².